The molecule has 4 heteroatoms. The van der Waals surface area contributed by atoms with Gasteiger partial charge in [-0.3, -0.25) is 0 Å². The van der Waals surface area contributed by atoms with Gasteiger partial charge in [-0.25, -0.2) is 8.42 Å². The molecule has 1 aliphatic heterocycles. The normalized spacial score (nSPS) is 24.9. The Labute approximate surface area is 128 Å². The largest absolute Gasteiger partial charge is 0.314 e. The van der Waals surface area contributed by atoms with Crippen molar-refractivity contribution in [3.05, 3.63) is 34.9 Å². The summed E-state index contributed by atoms with van der Waals surface area (Å²) < 4.78 is 23.5. The van der Waals surface area contributed by atoms with Crippen LogP contribution in [0.15, 0.2) is 18.2 Å². The summed E-state index contributed by atoms with van der Waals surface area (Å²) in [6.45, 7) is 2.99. The molecule has 3 rings (SSSR count). The molecule has 3 nitrogen and oxygen atoms in total. The molecule has 0 bridgehead atoms. The maximum Gasteiger partial charge on any atom is 0.150 e. The average Bonchev–Trinajstić information content (AvgIpc) is 3.03. The van der Waals surface area contributed by atoms with Gasteiger partial charge in [0.05, 0.1) is 11.5 Å². The first-order valence-electron chi connectivity index (χ1n) is 8.12. The van der Waals surface area contributed by atoms with Crippen molar-refractivity contribution < 1.29 is 8.42 Å². The van der Waals surface area contributed by atoms with Crippen LogP contribution in [-0.2, 0) is 29.1 Å². The van der Waals surface area contributed by atoms with Crippen molar-refractivity contribution in [3.63, 3.8) is 0 Å². The van der Waals surface area contributed by atoms with Crippen LogP contribution in [0.2, 0.25) is 0 Å². The second kappa shape index (κ2) is 6.09. The number of nitrogens with one attached hydrogen (secondary N) is 1. The van der Waals surface area contributed by atoms with E-state index < -0.39 is 9.84 Å². The summed E-state index contributed by atoms with van der Waals surface area (Å²) in [5.41, 5.74) is 4.36. The maximum absolute atomic E-state index is 11.7. The molecule has 0 spiro atoms. The third-order valence-corrected chi connectivity index (χ3v) is 6.72. The monoisotopic (exact) mass is 307 g/mol. The Morgan fingerprint density at radius 2 is 2.10 bits per heavy atom. The van der Waals surface area contributed by atoms with E-state index in [1.807, 2.05) is 0 Å². The van der Waals surface area contributed by atoms with Gasteiger partial charge in [0.1, 0.15) is 0 Å². The minimum absolute atomic E-state index is 0.267. The first kappa shape index (κ1) is 15.0. The van der Waals surface area contributed by atoms with Crippen molar-refractivity contribution in [2.24, 2.45) is 5.92 Å². The third kappa shape index (κ3) is 3.49. The molecule has 1 N–H and O–H groups in total. The summed E-state index contributed by atoms with van der Waals surface area (Å²) in [6.07, 6.45) is 5.45. The van der Waals surface area contributed by atoms with E-state index in [0.717, 1.165) is 19.4 Å². The number of benzene rings is 1. The lowest BCUT2D eigenvalue weighted by atomic mass is 9.92. The van der Waals surface area contributed by atoms with Gasteiger partial charge in [-0.2, -0.15) is 0 Å². The predicted octanol–water partition coefficient (Wildman–Crippen LogP) is 2.13. The van der Waals surface area contributed by atoms with E-state index >= 15 is 0 Å². The first-order chi connectivity index (χ1) is 10.1. The lowest BCUT2D eigenvalue weighted by Crippen LogP contribution is -2.38. The molecule has 2 aliphatic rings. The zero-order chi connectivity index (χ0) is 14.9. The molecule has 2 unspecified atom stereocenters. The van der Waals surface area contributed by atoms with E-state index in [4.69, 9.17) is 0 Å². The molecule has 21 heavy (non-hydrogen) atoms. The molecule has 1 heterocycles. The zero-order valence-corrected chi connectivity index (χ0v) is 13.6. The summed E-state index contributed by atoms with van der Waals surface area (Å²) in [5.74, 6) is 0.988. The highest BCUT2D eigenvalue weighted by Gasteiger charge is 2.33. The fourth-order valence-electron chi connectivity index (χ4n) is 3.81. The number of rotatable bonds is 5. The molecule has 0 aromatic heterocycles. The number of hydrogen-bond acceptors (Lipinski definition) is 3. The van der Waals surface area contributed by atoms with Crippen LogP contribution in [0.1, 0.15) is 36.5 Å². The van der Waals surface area contributed by atoms with Crippen LogP contribution in [0.3, 0.4) is 0 Å². The van der Waals surface area contributed by atoms with Gasteiger partial charge < -0.3 is 5.32 Å². The zero-order valence-electron chi connectivity index (χ0n) is 12.8. The molecule has 1 aliphatic carbocycles. The molecule has 0 radical (unpaired) electrons. The Hall–Kier alpha value is -0.870. The standard InChI is InChI=1S/C17H25NO2S/c1-2-18-17(16-8-9-21(19,20)12-16)11-13-6-7-14-4-3-5-15(14)10-13/h6-7,10,16-18H,2-5,8-9,11-12H2,1H3. The summed E-state index contributed by atoms with van der Waals surface area (Å²) in [7, 11) is -2.80. The Kier molecular flexibility index (Phi) is 4.36. The number of fused-ring (bicyclic) bond motifs is 1. The Balaban J connectivity index is 1.73. The van der Waals surface area contributed by atoms with Gasteiger partial charge >= 0.3 is 0 Å². The van der Waals surface area contributed by atoms with Crippen molar-refractivity contribution in [2.45, 2.75) is 45.1 Å². The third-order valence-electron chi connectivity index (χ3n) is 4.92. The van der Waals surface area contributed by atoms with Crippen LogP contribution in [0.5, 0.6) is 0 Å². The number of sulfone groups is 1. The number of likely N-dealkylation sites (N-methyl/N-ethyl adjacent to an activating group) is 1. The molecule has 1 fully saturated rings. The van der Waals surface area contributed by atoms with E-state index in [1.54, 1.807) is 0 Å². The minimum Gasteiger partial charge on any atom is -0.314 e. The lowest BCUT2D eigenvalue weighted by molar-refractivity contribution is 0.386. The fraction of sp³-hybridized carbons (Fsp3) is 0.647. The van der Waals surface area contributed by atoms with Crippen molar-refractivity contribution in [2.75, 3.05) is 18.1 Å². The second-order valence-corrected chi connectivity index (χ2v) is 8.72. The maximum atomic E-state index is 11.7. The van der Waals surface area contributed by atoms with Crippen LogP contribution in [0, 0.1) is 5.92 Å². The van der Waals surface area contributed by atoms with Crippen molar-refractivity contribution in [1.82, 2.24) is 5.32 Å². The van der Waals surface area contributed by atoms with E-state index in [-0.39, 0.29) is 12.0 Å². The Bertz CT molecular complexity index is 609. The summed E-state index contributed by atoms with van der Waals surface area (Å²) in [4.78, 5) is 0. The van der Waals surface area contributed by atoms with Gasteiger partial charge in [-0.1, -0.05) is 25.1 Å². The topological polar surface area (TPSA) is 46.2 Å². The van der Waals surface area contributed by atoms with Crippen LogP contribution in [-0.4, -0.2) is 32.5 Å². The molecule has 116 valence electrons. The van der Waals surface area contributed by atoms with Gasteiger partial charge in [0, 0.05) is 6.04 Å². The van der Waals surface area contributed by atoms with Crippen LogP contribution in [0.4, 0.5) is 0 Å². The van der Waals surface area contributed by atoms with Crippen LogP contribution >= 0.6 is 0 Å². The van der Waals surface area contributed by atoms with E-state index in [9.17, 15) is 8.42 Å². The predicted molar refractivity (Wildman–Crippen MR) is 86.4 cm³/mol. The Morgan fingerprint density at radius 1 is 1.29 bits per heavy atom. The molecule has 0 saturated carbocycles. The molecule has 2 atom stereocenters. The van der Waals surface area contributed by atoms with Crippen LogP contribution < -0.4 is 5.32 Å². The summed E-state index contributed by atoms with van der Waals surface area (Å²) in [5, 5.41) is 3.51. The van der Waals surface area contributed by atoms with Gasteiger partial charge in [0.15, 0.2) is 9.84 Å². The molecule has 1 saturated heterocycles. The minimum atomic E-state index is -2.80. The fourth-order valence-corrected chi connectivity index (χ4v) is 5.69. The molecular weight excluding hydrogens is 282 g/mol. The molecule has 0 amide bonds. The van der Waals surface area contributed by atoms with E-state index in [0.29, 0.717) is 11.5 Å². The van der Waals surface area contributed by atoms with Crippen LogP contribution in [0.25, 0.3) is 0 Å². The number of aryl methyl sites for hydroxylation is 2. The highest BCUT2D eigenvalue weighted by molar-refractivity contribution is 7.91. The van der Waals surface area contributed by atoms with Gasteiger partial charge in [0.2, 0.25) is 0 Å². The summed E-state index contributed by atoms with van der Waals surface area (Å²) >= 11 is 0. The lowest BCUT2D eigenvalue weighted by Gasteiger charge is -2.24. The van der Waals surface area contributed by atoms with Gasteiger partial charge in [-0.15, -0.1) is 0 Å². The smallest absolute Gasteiger partial charge is 0.150 e. The van der Waals surface area contributed by atoms with E-state index in [1.165, 1.54) is 36.0 Å². The first-order valence-corrected chi connectivity index (χ1v) is 9.94. The van der Waals surface area contributed by atoms with Crippen molar-refractivity contribution in [1.29, 1.82) is 0 Å². The summed E-state index contributed by atoms with van der Waals surface area (Å²) in [6, 6.07) is 7.13. The molecule has 1 aromatic rings. The highest BCUT2D eigenvalue weighted by Crippen LogP contribution is 2.27. The quantitative estimate of drug-likeness (QED) is 0.906. The Morgan fingerprint density at radius 3 is 2.81 bits per heavy atom. The van der Waals surface area contributed by atoms with E-state index in [2.05, 4.69) is 30.4 Å². The molecular formula is C17H25NO2S. The highest BCUT2D eigenvalue weighted by atomic mass is 32.2. The SMILES string of the molecule is CCNC(Cc1ccc2c(c1)CCC2)C1CCS(=O)(=O)C1. The second-order valence-electron chi connectivity index (χ2n) is 6.49. The average molecular weight is 307 g/mol. The molecule has 1 aromatic carbocycles. The van der Waals surface area contributed by atoms with Gasteiger partial charge in [-0.05, 0) is 61.3 Å². The van der Waals surface area contributed by atoms with Crippen molar-refractivity contribution in [3.8, 4) is 0 Å². The number of hydrogen-bond donors (Lipinski definition) is 1. The van der Waals surface area contributed by atoms with Crippen molar-refractivity contribution >= 4 is 9.84 Å². The van der Waals surface area contributed by atoms with Gasteiger partial charge in [0.25, 0.3) is 0 Å².